The number of aryl methyl sites for hydroxylation is 3. The maximum atomic E-state index is 12.3. The van der Waals surface area contributed by atoms with Crippen molar-refractivity contribution in [3.05, 3.63) is 95.6 Å². The van der Waals surface area contributed by atoms with E-state index in [0.717, 1.165) is 53.2 Å². The molecule has 4 rings (SSSR count). The normalized spacial score (nSPS) is 11.9. The molecule has 0 aliphatic carbocycles. The van der Waals surface area contributed by atoms with Gasteiger partial charge in [0.05, 0.1) is 19.9 Å². The highest BCUT2D eigenvalue weighted by molar-refractivity contribution is 5.74. The van der Waals surface area contributed by atoms with E-state index >= 15 is 0 Å². The summed E-state index contributed by atoms with van der Waals surface area (Å²) in [6.45, 7) is 1.96. The summed E-state index contributed by atoms with van der Waals surface area (Å²) in [5.74, 6) is 2.09. The fourth-order valence-corrected chi connectivity index (χ4v) is 4.16. The number of methoxy groups -OCH3 is 2. The van der Waals surface area contributed by atoms with Crippen molar-refractivity contribution >= 4 is 5.97 Å². The highest BCUT2D eigenvalue weighted by atomic mass is 16.5. The first-order valence-electron chi connectivity index (χ1n) is 11.5. The molecule has 0 saturated carbocycles. The first-order chi connectivity index (χ1) is 16.6. The van der Waals surface area contributed by atoms with Crippen LogP contribution in [0.25, 0.3) is 11.5 Å². The lowest BCUT2D eigenvalue weighted by Gasteiger charge is -2.18. The molecular weight excluding hydrogens is 428 g/mol. The van der Waals surface area contributed by atoms with E-state index in [2.05, 4.69) is 12.1 Å². The van der Waals surface area contributed by atoms with E-state index in [1.54, 1.807) is 7.11 Å². The molecule has 0 aliphatic heterocycles. The number of rotatable bonds is 10. The maximum absolute atomic E-state index is 12.3. The third-order valence-corrected chi connectivity index (χ3v) is 6.01. The Kier molecular flexibility index (Phi) is 7.48. The highest BCUT2D eigenvalue weighted by Gasteiger charge is 2.21. The van der Waals surface area contributed by atoms with Crippen LogP contribution in [-0.4, -0.2) is 29.7 Å². The second-order valence-electron chi connectivity index (χ2n) is 8.26. The standard InChI is InChI=1S/C28H30N2O4/c1-20-24(29-27(34-20)23-10-5-4-6-11-23)13-9-12-22-15-14-21(19-26(22)32-2)18-25(28(31)33-3)30-16-7-8-17-30/h4-8,10-11,14-17,19,25H,9,12-13,18H2,1-3H3/t25-/m0/s1. The van der Waals surface area contributed by atoms with Crippen LogP contribution >= 0.6 is 0 Å². The fourth-order valence-electron chi connectivity index (χ4n) is 4.16. The monoisotopic (exact) mass is 458 g/mol. The van der Waals surface area contributed by atoms with E-state index in [1.807, 2.05) is 72.4 Å². The summed E-state index contributed by atoms with van der Waals surface area (Å²) in [5, 5.41) is 0. The van der Waals surface area contributed by atoms with Gasteiger partial charge in [0.2, 0.25) is 5.89 Å². The molecule has 6 nitrogen and oxygen atoms in total. The van der Waals surface area contributed by atoms with Crippen molar-refractivity contribution < 1.29 is 18.7 Å². The van der Waals surface area contributed by atoms with Gasteiger partial charge in [-0.2, -0.15) is 0 Å². The second kappa shape index (κ2) is 10.9. The third-order valence-electron chi connectivity index (χ3n) is 6.01. The van der Waals surface area contributed by atoms with Crippen LogP contribution in [0.1, 0.15) is 35.0 Å². The Balaban J connectivity index is 1.41. The molecule has 0 amide bonds. The lowest BCUT2D eigenvalue weighted by Crippen LogP contribution is -2.22. The third kappa shape index (κ3) is 5.39. The summed E-state index contributed by atoms with van der Waals surface area (Å²) in [6, 6.07) is 19.5. The van der Waals surface area contributed by atoms with E-state index in [4.69, 9.17) is 18.9 Å². The molecule has 1 atom stereocenters. The Hall–Kier alpha value is -3.80. The van der Waals surface area contributed by atoms with E-state index in [9.17, 15) is 4.79 Å². The Labute approximate surface area is 200 Å². The van der Waals surface area contributed by atoms with Crippen LogP contribution in [-0.2, 0) is 28.8 Å². The maximum Gasteiger partial charge on any atom is 0.329 e. The number of carbonyl (C=O) groups excluding carboxylic acids is 1. The smallest absolute Gasteiger partial charge is 0.329 e. The van der Waals surface area contributed by atoms with Crippen molar-refractivity contribution in [3.8, 4) is 17.2 Å². The zero-order valence-electron chi connectivity index (χ0n) is 19.9. The van der Waals surface area contributed by atoms with Crippen LogP contribution in [0.3, 0.4) is 0 Å². The van der Waals surface area contributed by atoms with E-state index in [1.165, 1.54) is 7.11 Å². The predicted molar refractivity (Wildman–Crippen MR) is 131 cm³/mol. The zero-order valence-corrected chi connectivity index (χ0v) is 19.9. The lowest BCUT2D eigenvalue weighted by atomic mass is 10.00. The minimum absolute atomic E-state index is 0.267. The topological polar surface area (TPSA) is 66.5 Å². The molecule has 2 aromatic heterocycles. The highest BCUT2D eigenvalue weighted by Crippen LogP contribution is 2.27. The number of hydrogen-bond acceptors (Lipinski definition) is 5. The molecule has 0 radical (unpaired) electrons. The summed E-state index contributed by atoms with van der Waals surface area (Å²) in [4.78, 5) is 17.0. The molecule has 4 aromatic rings. The molecule has 0 saturated heterocycles. The van der Waals surface area contributed by atoms with Gasteiger partial charge in [-0.25, -0.2) is 9.78 Å². The molecule has 0 unspecified atom stereocenters. The van der Waals surface area contributed by atoms with Crippen molar-refractivity contribution in [1.29, 1.82) is 0 Å². The van der Waals surface area contributed by atoms with E-state index < -0.39 is 6.04 Å². The summed E-state index contributed by atoms with van der Waals surface area (Å²) in [6.07, 6.45) is 6.88. The average molecular weight is 459 g/mol. The fraction of sp³-hybridized carbons (Fsp3) is 0.286. The van der Waals surface area contributed by atoms with Crippen molar-refractivity contribution in [1.82, 2.24) is 9.55 Å². The van der Waals surface area contributed by atoms with Gasteiger partial charge in [0.25, 0.3) is 0 Å². The van der Waals surface area contributed by atoms with Crippen molar-refractivity contribution in [2.45, 2.75) is 38.6 Å². The molecule has 0 aliphatic rings. The number of ether oxygens (including phenoxy) is 2. The first-order valence-corrected chi connectivity index (χ1v) is 11.5. The van der Waals surface area contributed by atoms with Crippen LogP contribution in [0.5, 0.6) is 5.75 Å². The molecule has 176 valence electrons. The molecule has 0 spiro atoms. The summed E-state index contributed by atoms with van der Waals surface area (Å²) in [7, 11) is 3.10. The number of nitrogens with zero attached hydrogens (tertiary/aromatic N) is 2. The van der Waals surface area contributed by atoms with Gasteiger partial charge >= 0.3 is 5.97 Å². The number of benzene rings is 2. The molecule has 0 N–H and O–H groups in total. The Morgan fingerprint density at radius 1 is 1.03 bits per heavy atom. The lowest BCUT2D eigenvalue weighted by molar-refractivity contribution is -0.144. The van der Waals surface area contributed by atoms with E-state index in [-0.39, 0.29) is 5.97 Å². The number of hydrogen-bond donors (Lipinski definition) is 0. The Morgan fingerprint density at radius 2 is 1.79 bits per heavy atom. The van der Waals surface area contributed by atoms with Gasteiger partial charge in [-0.3, -0.25) is 0 Å². The Morgan fingerprint density at radius 3 is 2.50 bits per heavy atom. The minimum Gasteiger partial charge on any atom is -0.496 e. The number of esters is 1. The van der Waals surface area contributed by atoms with Gasteiger partial charge in [0, 0.05) is 24.4 Å². The van der Waals surface area contributed by atoms with Crippen molar-refractivity contribution in [2.75, 3.05) is 14.2 Å². The Bertz CT molecular complexity index is 1210. The molecule has 0 bridgehead atoms. The van der Waals surface area contributed by atoms with Crippen molar-refractivity contribution in [2.24, 2.45) is 0 Å². The predicted octanol–water partition coefficient (Wildman–Crippen LogP) is 5.59. The van der Waals surface area contributed by atoms with Gasteiger partial charge in [-0.15, -0.1) is 0 Å². The first kappa shape index (κ1) is 23.4. The number of oxazole rings is 1. The second-order valence-corrected chi connectivity index (χ2v) is 8.26. The molecule has 0 fully saturated rings. The average Bonchev–Trinajstić information content (AvgIpc) is 3.53. The summed E-state index contributed by atoms with van der Waals surface area (Å²) in [5.41, 5.74) is 4.12. The molecular formula is C28H30N2O4. The molecule has 6 heteroatoms. The van der Waals surface area contributed by atoms with Crippen LogP contribution in [0, 0.1) is 6.92 Å². The van der Waals surface area contributed by atoms with Crippen molar-refractivity contribution in [3.63, 3.8) is 0 Å². The molecule has 34 heavy (non-hydrogen) atoms. The molecule has 2 heterocycles. The molecule has 2 aromatic carbocycles. The van der Waals surface area contributed by atoms with Gasteiger partial charge in [-0.1, -0.05) is 30.3 Å². The largest absolute Gasteiger partial charge is 0.496 e. The van der Waals surface area contributed by atoms with E-state index in [0.29, 0.717) is 12.3 Å². The van der Waals surface area contributed by atoms with Crippen LogP contribution in [0.15, 0.2) is 77.5 Å². The number of aromatic nitrogens is 2. The minimum atomic E-state index is -0.412. The van der Waals surface area contributed by atoms with Crippen LogP contribution in [0.2, 0.25) is 0 Å². The summed E-state index contributed by atoms with van der Waals surface area (Å²) < 4.78 is 18.5. The van der Waals surface area contributed by atoms with Crippen LogP contribution in [0.4, 0.5) is 0 Å². The zero-order chi connectivity index (χ0) is 23.9. The van der Waals surface area contributed by atoms with Crippen LogP contribution < -0.4 is 4.74 Å². The number of carbonyl (C=O) groups is 1. The van der Waals surface area contributed by atoms with Gasteiger partial charge in [0.1, 0.15) is 17.6 Å². The van der Waals surface area contributed by atoms with Gasteiger partial charge in [0.15, 0.2) is 0 Å². The van der Waals surface area contributed by atoms with Gasteiger partial charge < -0.3 is 18.5 Å². The SMILES string of the molecule is COC(=O)[C@H](Cc1ccc(CCCc2nc(-c3ccccc3)oc2C)c(OC)c1)n1cccc1. The quantitative estimate of drug-likeness (QED) is 0.290. The van der Waals surface area contributed by atoms with Gasteiger partial charge in [-0.05, 0) is 67.6 Å². The summed E-state index contributed by atoms with van der Waals surface area (Å²) >= 11 is 0.